The van der Waals surface area contributed by atoms with Gasteiger partial charge in [-0.25, -0.2) is 4.39 Å². The summed E-state index contributed by atoms with van der Waals surface area (Å²) in [6.07, 6.45) is 0. The summed E-state index contributed by atoms with van der Waals surface area (Å²) in [5, 5.41) is 29.8. The number of amides is 1. The first-order chi connectivity index (χ1) is 15.4. The molecule has 9 heteroatoms. The number of ether oxygens (including phenoxy) is 2. The Hall–Kier alpha value is -3.43. The minimum Gasteiger partial charge on any atom is -0.507 e. The van der Waals surface area contributed by atoms with Crippen LogP contribution in [-0.4, -0.2) is 64.9 Å². The van der Waals surface area contributed by atoms with E-state index < -0.39 is 29.3 Å². The summed E-state index contributed by atoms with van der Waals surface area (Å²) in [6.45, 7) is 1.96. The first-order valence-corrected chi connectivity index (χ1v) is 10.1. The quantitative estimate of drug-likeness (QED) is 0.235. The molecule has 0 aliphatic carbocycles. The summed E-state index contributed by atoms with van der Waals surface area (Å²) in [4.78, 5) is 27.0. The minimum absolute atomic E-state index is 0.0142. The maximum atomic E-state index is 13.3. The molecule has 1 aliphatic rings. The highest BCUT2D eigenvalue weighted by molar-refractivity contribution is 6.46. The van der Waals surface area contributed by atoms with Gasteiger partial charge in [-0.1, -0.05) is 6.07 Å². The summed E-state index contributed by atoms with van der Waals surface area (Å²) in [5.41, 5.74) is 0.433. The highest BCUT2D eigenvalue weighted by Gasteiger charge is 2.46. The molecule has 0 radical (unpaired) electrons. The highest BCUT2D eigenvalue weighted by atomic mass is 19.1. The SMILES string of the molecule is CCOc1cc(C2/C(=C(\O)c3ccc(F)cc3)C(=O)C(=O)N2CCOCCO)ccc1O. The number of phenolic OH excluding ortho intramolecular Hbond substituents is 1. The average molecular weight is 445 g/mol. The van der Waals surface area contributed by atoms with E-state index in [2.05, 4.69) is 0 Å². The van der Waals surface area contributed by atoms with E-state index >= 15 is 0 Å². The van der Waals surface area contributed by atoms with Crippen LogP contribution in [0.15, 0.2) is 48.0 Å². The van der Waals surface area contributed by atoms with Crippen LogP contribution in [0.2, 0.25) is 0 Å². The monoisotopic (exact) mass is 445 g/mol. The Morgan fingerprint density at radius 3 is 2.50 bits per heavy atom. The molecular formula is C23H24FNO7. The summed E-state index contributed by atoms with van der Waals surface area (Å²) in [7, 11) is 0. The van der Waals surface area contributed by atoms with Gasteiger partial charge in [0.05, 0.1) is 38.0 Å². The van der Waals surface area contributed by atoms with Gasteiger partial charge in [-0.2, -0.15) is 0 Å². The second kappa shape index (κ2) is 10.3. The number of aliphatic hydroxyl groups is 2. The second-order valence-corrected chi connectivity index (χ2v) is 7.00. The molecule has 0 spiro atoms. The minimum atomic E-state index is -0.988. The maximum Gasteiger partial charge on any atom is 0.295 e. The third kappa shape index (κ3) is 4.74. The Bertz CT molecular complexity index is 1020. The average Bonchev–Trinajstić information content (AvgIpc) is 3.03. The first-order valence-electron chi connectivity index (χ1n) is 10.1. The molecule has 3 rings (SSSR count). The molecule has 1 saturated heterocycles. The van der Waals surface area contributed by atoms with Crippen LogP contribution >= 0.6 is 0 Å². The van der Waals surface area contributed by atoms with Gasteiger partial charge in [0.15, 0.2) is 11.5 Å². The molecule has 3 N–H and O–H groups in total. The van der Waals surface area contributed by atoms with E-state index in [1.165, 1.54) is 35.2 Å². The molecule has 0 aromatic heterocycles. The fraction of sp³-hybridized carbons (Fsp3) is 0.304. The lowest BCUT2D eigenvalue weighted by atomic mass is 9.95. The Balaban J connectivity index is 2.10. The first kappa shape index (κ1) is 23.2. The third-order valence-electron chi connectivity index (χ3n) is 4.97. The summed E-state index contributed by atoms with van der Waals surface area (Å²) in [6, 6.07) is 8.29. The number of phenols is 1. The molecule has 8 nitrogen and oxygen atoms in total. The van der Waals surface area contributed by atoms with Crippen molar-refractivity contribution in [2.75, 3.05) is 33.0 Å². The van der Waals surface area contributed by atoms with Crippen LogP contribution in [0.4, 0.5) is 4.39 Å². The Labute approximate surface area is 184 Å². The fourth-order valence-corrected chi connectivity index (χ4v) is 3.52. The van der Waals surface area contributed by atoms with Crippen LogP contribution in [0.25, 0.3) is 5.76 Å². The highest BCUT2D eigenvalue weighted by Crippen LogP contribution is 2.41. The van der Waals surface area contributed by atoms with Crippen molar-refractivity contribution < 1.29 is 38.8 Å². The number of nitrogens with zero attached hydrogens (tertiary/aromatic N) is 1. The number of halogens is 1. The van der Waals surface area contributed by atoms with E-state index in [4.69, 9.17) is 14.6 Å². The van der Waals surface area contributed by atoms with Gasteiger partial charge < -0.3 is 29.7 Å². The molecule has 1 aliphatic heterocycles. The molecule has 2 aromatic carbocycles. The second-order valence-electron chi connectivity index (χ2n) is 7.00. The van der Waals surface area contributed by atoms with Crippen LogP contribution in [0.5, 0.6) is 11.5 Å². The maximum absolute atomic E-state index is 13.3. The van der Waals surface area contributed by atoms with E-state index in [-0.39, 0.29) is 55.6 Å². The summed E-state index contributed by atoms with van der Waals surface area (Å²) < 4.78 is 24.0. The normalized spacial score (nSPS) is 17.7. The topological polar surface area (TPSA) is 117 Å². The molecule has 170 valence electrons. The van der Waals surface area contributed by atoms with Crippen LogP contribution < -0.4 is 4.74 Å². The van der Waals surface area contributed by atoms with Crippen molar-refractivity contribution in [1.29, 1.82) is 0 Å². The number of hydrogen-bond acceptors (Lipinski definition) is 7. The van der Waals surface area contributed by atoms with Gasteiger partial charge in [0.2, 0.25) is 0 Å². The van der Waals surface area contributed by atoms with Crippen molar-refractivity contribution in [2.45, 2.75) is 13.0 Å². The van der Waals surface area contributed by atoms with Gasteiger partial charge >= 0.3 is 0 Å². The van der Waals surface area contributed by atoms with Crippen LogP contribution in [0, 0.1) is 5.82 Å². The third-order valence-corrected chi connectivity index (χ3v) is 4.97. The van der Waals surface area contributed by atoms with Gasteiger partial charge in [-0.15, -0.1) is 0 Å². The Morgan fingerprint density at radius 2 is 1.84 bits per heavy atom. The number of ketones is 1. The number of rotatable bonds is 9. The van der Waals surface area contributed by atoms with Crippen molar-refractivity contribution in [3.8, 4) is 11.5 Å². The van der Waals surface area contributed by atoms with E-state index in [0.717, 1.165) is 12.1 Å². The molecule has 0 bridgehead atoms. The lowest BCUT2D eigenvalue weighted by molar-refractivity contribution is -0.140. The number of benzene rings is 2. The largest absolute Gasteiger partial charge is 0.507 e. The van der Waals surface area contributed by atoms with Crippen molar-refractivity contribution in [1.82, 2.24) is 4.90 Å². The molecule has 1 amide bonds. The molecule has 1 fully saturated rings. The number of carbonyl (C=O) groups excluding carboxylic acids is 2. The lowest BCUT2D eigenvalue weighted by Crippen LogP contribution is -2.33. The lowest BCUT2D eigenvalue weighted by Gasteiger charge is -2.25. The summed E-state index contributed by atoms with van der Waals surface area (Å²) in [5.74, 6) is -2.65. The Morgan fingerprint density at radius 1 is 1.12 bits per heavy atom. The van der Waals surface area contributed by atoms with E-state index in [0.29, 0.717) is 5.56 Å². The number of hydrogen-bond donors (Lipinski definition) is 3. The molecule has 2 aromatic rings. The summed E-state index contributed by atoms with van der Waals surface area (Å²) >= 11 is 0. The molecule has 32 heavy (non-hydrogen) atoms. The van der Waals surface area contributed by atoms with Gasteiger partial charge in [-0.3, -0.25) is 9.59 Å². The standard InChI is InChI=1S/C23H24FNO7/c1-2-32-18-13-15(5-8-17(18)27)20-19(21(28)14-3-6-16(24)7-4-14)22(29)23(30)25(20)9-11-31-12-10-26/h3-8,13,20,26-28H,2,9-12H2,1H3/b21-19+. The zero-order chi connectivity index (χ0) is 23.3. The van der Waals surface area contributed by atoms with Crippen molar-refractivity contribution in [2.24, 2.45) is 0 Å². The van der Waals surface area contributed by atoms with Crippen LogP contribution in [0.1, 0.15) is 24.1 Å². The zero-order valence-electron chi connectivity index (χ0n) is 17.5. The van der Waals surface area contributed by atoms with E-state index in [1.807, 2.05) is 0 Å². The number of carbonyl (C=O) groups is 2. The fourth-order valence-electron chi connectivity index (χ4n) is 3.52. The molecule has 1 unspecified atom stereocenters. The van der Waals surface area contributed by atoms with E-state index in [9.17, 15) is 24.2 Å². The zero-order valence-corrected chi connectivity index (χ0v) is 17.5. The van der Waals surface area contributed by atoms with E-state index in [1.54, 1.807) is 6.92 Å². The van der Waals surface area contributed by atoms with Gasteiger partial charge in [0, 0.05) is 12.1 Å². The molecule has 0 saturated carbocycles. The van der Waals surface area contributed by atoms with Crippen molar-refractivity contribution in [3.63, 3.8) is 0 Å². The number of likely N-dealkylation sites (tertiary alicyclic amines) is 1. The Kier molecular flexibility index (Phi) is 7.45. The van der Waals surface area contributed by atoms with Gasteiger partial charge in [0.25, 0.3) is 11.7 Å². The number of aromatic hydroxyl groups is 1. The van der Waals surface area contributed by atoms with Crippen LogP contribution in [-0.2, 0) is 14.3 Å². The van der Waals surface area contributed by atoms with Crippen LogP contribution in [0.3, 0.4) is 0 Å². The van der Waals surface area contributed by atoms with Crippen molar-refractivity contribution >= 4 is 17.4 Å². The predicted molar refractivity (Wildman–Crippen MR) is 113 cm³/mol. The molecule has 1 heterocycles. The number of aliphatic hydroxyl groups excluding tert-OH is 2. The van der Waals surface area contributed by atoms with Crippen molar-refractivity contribution in [3.05, 3.63) is 65.0 Å². The van der Waals surface area contributed by atoms with Gasteiger partial charge in [0.1, 0.15) is 11.6 Å². The predicted octanol–water partition coefficient (Wildman–Crippen LogP) is 2.36. The number of Topliss-reactive ketones (excluding diaryl/α,β-unsaturated/α-hetero) is 1. The molecular weight excluding hydrogens is 421 g/mol. The smallest absolute Gasteiger partial charge is 0.295 e. The molecule has 1 atom stereocenters. The van der Waals surface area contributed by atoms with Gasteiger partial charge in [-0.05, 0) is 48.9 Å².